The highest BCUT2D eigenvalue weighted by Crippen LogP contribution is 2.26. The lowest BCUT2D eigenvalue weighted by Gasteiger charge is -2.05. The van der Waals surface area contributed by atoms with Crippen LogP contribution in [-0.4, -0.2) is 23.8 Å². The first kappa shape index (κ1) is 15.9. The zero-order valence-corrected chi connectivity index (χ0v) is 14.8. The molecule has 4 aromatic heterocycles. The molecule has 0 aromatic carbocycles. The number of hydrogen-bond donors (Lipinski definition) is 0. The zero-order chi connectivity index (χ0) is 17.7. The third kappa shape index (κ3) is 2.43. The molecule has 0 fully saturated rings. The average Bonchev–Trinajstić information content (AvgIpc) is 3.32. The van der Waals surface area contributed by atoms with Crippen molar-refractivity contribution >= 4 is 34.1 Å². The van der Waals surface area contributed by atoms with Crippen LogP contribution in [0.15, 0.2) is 37.7 Å². The minimum absolute atomic E-state index is 0.106. The van der Waals surface area contributed by atoms with E-state index in [4.69, 9.17) is 16.1 Å². The number of rotatable bonds is 3. The van der Waals surface area contributed by atoms with E-state index in [9.17, 15) is 9.59 Å². The highest BCUT2D eigenvalue weighted by Gasteiger charge is 2.19. The Morgan fingerprint density at radius 1 is 1.28 bits per heavy atom. The number of aromatic nitrogens is 5. The van der Waals surface area contributed by atoms with E-state index in [1.807, 2.05) is 17.5 Å². The molecule has 0 aliphatic rings. The number of nitrogens with zero attached hydrogens (tertiary/aromatic N) is 5. The summed E-state index contributed by atoms with van der Waals surface area (Å²) in [6.45, 7) is 0.206. The minimum atomic E-state index is -0.459. The molecule has 0 bridgehead atoms. The largest absolute Gasteiger partial charge is 0.355 e. The molecule has 4 heterocycles. The number of halogens is 1. The monoisotopic (exact) mass is 377 g/mol. The summed E-state index contributed by atoms with van der Waals surface area (Å²) in [5, 5.41) is 6.09. The Balaban J connectivity index is 1.84. The summed E-state index contributed by atoms with van der Waals surface area (Å²) in [5.74, 6) is 0.644. The van der Waals surface area contributed by atoms with Gasteiger partial charge in [-0.05, 0) is 23.0 Å². The second kappa shape index (κ2) is 5.71. The highest BCUT2D eigenvalue weighted by molar-refractivity contribution is 7.13. The van der Waals surface area contributed by atoms with Crippen LogP contribution in [-0.2, 0) is 20.6 Å². The van der Waals surface area contributed by atoms with Gasteiger partial charge in [-0.3, -0.25) is 13.9 Å². The Morgan fingerprint density at radius 3 is 2.80 bits per heavy atom. The van der Waals surface area contributed by atoms with Crippen molar-refractivity contribution in [2.24, 2.45) is 14.1 Å². The van der Waals surface area contributed by atoms with Crippen molar-refractivity contribution in [1.29, 1.82) is 0 Å². The fourth-order valence-corrected chi connectivity index (χ4v) is 3.54. The first-order valence-corrected chi connectivity index (χ1v) is 8.54. The molecule has 4 rings (SSSR count). The molecular formula is C15H12ClN5O3S. The lowest BCUT2D eigenvalue weighted by Crippen LogP contribution is -2.37. The van der Waals surface area contributed by atoms with Crippen LogP contribution in [0.5, 0.6) is 0 Å². The van der Waals surface area contributed by atoms with E-state index in [0.29, 0.717) is 11.5 Å². The minimum Gasteiger partial charge on any atom is -0.355 e. The van der Waals surface area contributed by atoms with Gasteiger partial charge in [0.1, 0.15) is 5.69 Å². The van der Waals surface area contributed by atoms with Crippen LogP contribution in [0.3, 0.4) is 0 Å². The van der Waals surface area contributed by atoms with E-state index in [0.717, 1.165) is 9.44 Å². The van der Waals surface area contributed by atoms with Crippen molar-refractivity contribution in [3.8, 4) is 10.6 Å². The molecule has 25 heavy (non-hydrogen) atoms. The Kier molecular flexibility index (Phi) is 3.62. The Labute approximate surface area is 149 Å². The number of fused-ring (bicyclic) bond motifs is 1. The molecule has 0 N–H and O–H groups in total. The first-order chi connectivity index (χ1) is 12.0. The Bertz CT molecular complexity index is 1200. The number of aryl methyl sites for hydroxylation is 1. The van der Waals surface area contributed by atoms with Crippen molar-refractivity contribution in [1.82, 2.24) is 23.8 Å². The maximum Gasteiger partial charge on any atom is 0.332 e. The summed E-state index contributed by atoms with van der Waals surface area (Å²) >= 11 is 7.75. The summed E-state index contributed by atoms with van der Waals surface area (Å²) < 4.78 is 9.19. The molecule has 0 amide bonds. The molecule has 0 saturated carbocycles. The van der Waals surface area contributed by atoms with E-state index in [1.54, 1.807) is 24.5 Å². The summed E-state index contributed by atoms with van der Waals surface area (Å²) in [6.07, 6.45) is 0. The van der Waals surface area contributed by atoms with Gasteiger partial charge in [0.25, 0.3) is 5.56 Å². The fourth-order valence-electron chi connectivity index (χ4n) is 2.65. The molecule has 4 aromatic rings. The van der Waals surface area contributed by atoms with Crippen LogP contribution in [0, 0.1) is 0 Å². The van der Waals surface area contributed by atoms with Crippen LogP contribution in [0.4, 0.5) is 0 Å². The molecule has 0 spiro atoms. The molecule has 0 saturated heterocycles. The van der Waals surface area contributed by atoms with Crippen LogP contribution < -0.4 is 11.2 Å². The lowest BCUT2D eigenvalue weighted by molar-refractivity contribution is 0.422. The second-order valence-electron chi connectivity index (χ2n) is 5.50. The molecule has 0 radical (unpaired) electrons. The van der Waals surface area contributed by atoms with Crippen LogP contribution >= 0.6 is 22.9 Å². The van der Waals surface area contributed by atoms with Gasteiger partial charge in [0.15, 0.2) is 16.9 Å². The average molecular weight is 378 g/mol. The van der Waals surface area contributed by atoms with Gasteiger partial charge in [0.05, 0.1) is 11.4 Å². The van der Waals surface area contributed by atoms with E-state index in [2.05, 4.69) is 10.1 Å². The van der Waals surface area contributed by atoms with Crippen LogP contribution in [0.2, 0.25) is 5.28 Å². The predicted octanol–water partition coefficient (Wildman–Crippen LogP) is 1.85. The van der Waals surface area contributed by atoms with Gasteiger partial charge in [-0.1, -0.05) is 11.2 Å². The molecule has 0 aliphatic heterocycles. The SMILES string of the molecule is Cn1c(=O)c2c(nc(Cl)n2Cc2cc(-c3cccs3)on2)n(C)c1=O. The summed E-state index contributed by atoms with van der Waals surface area (Å²) in [6, 6.07) is 5.65. The summed E-state index contributed by atoms with van der Waals surface area (Å²) in [5.41, 5.74) is 0.163. The number of hydrogen-bond acceptors (Lipinski definition) is 6. The van der Waals surface area contributed by atoms with Crippen molar-refractivity contribution in [3.05, 3.63) is 55.4 Å². The fraction of sp³-hybridized carbons (Fsp3) is 0.200. The molecule has 128 valence electrons. The molecule has 8 nitrogen and oxygen atoms in total. The molecule has 0 atom stereocenters. The Hall–Kier alpha value is -2.65. The molecule has 0 unspecified atom stereocenters. The van der Waals surface area contributed by atoms with Crippen LogP contribution in [0.1, 0.15) is 5.69 Å². The van der Waals surface area contributed by atoms with Crippen molar-refractivity contribution in [2.45, 2.75) is 6.54 Å². The van der Waals surface area contributed by atoms with Gasteiger partial charge >= 0.3 is 5.69 Å². The van der Waals surface area contributed by atoms with Gasteiger partial charge in [0, 0.05) is 20.2 Å². The van der Waals surface area contributed by atoms with Gasteiger partial charge in [-0.2, -0.15) is 4.98 Å². The third-order valence-corrected chi connectivity index (χ3v) is 5.12. The van der Waals surface area contributed by atoms with E-state index >= 15 is 0 Å². The number of imidazole rings is 1. The smallest absolute Gasteiger partial charge is 0.332 e. The second-order valence-corrected chi connectivity index (χ2v) is 6.79. The zero-order valence-electron chi connectivity index (χ0n) is 13.3. The van der Waals surface area contributed by atoms with Crippen molar-refractivity contribution in [3.63, 3.8) is 0 Å². The standard InChI is InChI=1S/C15H12ClN5O3S/c1-19-12-11(13(22)20(2)15(19)23)21(14(16)17-12)7-8-6-9(24-18-8)10-4-3-5-25-10/h3-6H,7H2,1-2H3. The maximum absolute atomic E-state index is 12.5. The van der Waals surface area contributed by atoms with E-state index < -0.39 is 11.2 Å². The van der Waals surface area contributed by atoms with Crippen LogP contribution in [0.25, 0.3) is 21.8 Å². The predicted molar refractivity (Wildman–Crippen MR) is 94.1 cm³/mol. The number of thiophene rings is 1. The lowest BCUT2D eigenvalue weighted by atomic mass is 10.3. The van der Waals surface area contributed by atoms with E-state index in [1.165, 1.54) is 16.2 Å². The van der Waals surface area contributed by atoms with Crippen molar-refractivity contribution < 1.29 is 4.52 Å². The Morgan fingerprint density at radius 2 is 2.08 bits per heavy atom. The normalized spacial score (nSPS) is 11.5. The summed E-state index contributed by atoms with van der Waals surface area (Å²) in [4.78, 5) is 29.6. The van der Waals surface area contributed by atoms with Gasteiger partial charge in [-0.25, -0.2) is 4.79 Å². The molecular weight excluding hydrogens is 366 g/mol. The highest BCUT2D eigenvalue weighted by atomic mass is 35.5. The summed E-state index contributed by atoms with van der Waals surface area (Å²) in [7, 11) is 2.96. The van der Waals surface area contributed by atoms with Gasteiger partial charge < -0.3 is 9.09 Å². The molecule has 10 heteroatoms. The third-order valence-electron chi connectivity index (χ3n) is 3.94. The van der Waals surface area contributed by atoms with Gasteiger partial charge in [-0.15, -0.1) is 11.3 Å². The first-order valence-electron chi connectivity index (χ1n) is 7.28. The topological polar surface area (TPSA) is 87.8 Å². The van der Waals surface area contributed by atoms with E-state index in [-0.39, 0.29) is 23.0 Å². The van der Waals surface area contributed by atoms with Crippen molar-refractivity contribution in [2.75, 3.05) is 0 Å². The van der Waals surface area contributed by atoms with Gasteiger partial charge in [0.2, 0.25) is 5.28 Å². The quantitative estimate of drug-likeness (QED) is 0.508. The maximum atomic E-state index is 12.5. The molecule has 0 aliphatic carbocycles.